The molecular weight excluding hydrogens is 206 g/mol. The molecule has 1 unspecified atom stereocenters. The van der Waals surface area contributed by atoms with Gasteiger partial charge >= 0.3 is 6.03 Å². The van der Waals surface area contributed by atoms with Crippen LogP contribution in [0.2, 0.25) is 0 Å². The van der Waals surface area contributed by atoms with Crippen molar-refractivity contribution in [2.24, 2.45) is 0 Å². The number of carbonyl (C=O) groups is 2. The fourth-order valence-corrected chi connectivity index (χ4v) is 2.25. The SMILES string of the molecule is C#CCCN1C(=O)NC2(CCCNC2)C1=O. The second-order valence-corrected chi connectivity index (χ2v) is 4.20. The third-order valence-electron chi connectivity index (χ3n) is 3.11. The molecule has 86 valence electrons. The highest BCUT2D eigenvalue weighted by atomic mass is 16.2. The van der Waals surface area contributed by atoms with Crippen LogP contribution in [-0.2, 0) is 4.79 Å². The van der Waals surface area contributed by atoms with Crippen molar-refractivity contribution in [2.45, 2.75) is 24.8 Å². The van der Waals surface area contributed by atoms with Crippen molar-refractivity contribution in [2.75, 3.05) is 19.6 Å². The largest absolute Gasteiger partial charge is 0.325 e. The summed E-state index contributed by atoms with van der Waals surface area (Å²) < 4.78 is 0. The van der Waals surface area contributed by atoms with Crippen LogP contribution in [0, 0.1) is 12.3 Å². The number of nitrogens with zero attached hydrogens (tertiary/aromatic N) is 1. The molecule has 1 spiro atoms. The van der Waals surface area contributed by atoms with Crippen LogP contribution in [0.1, 0.15) is 19.3 Å². The maximum absolute atomic E-state index is 12.1. The summed E-state index contributed by atoms with van der Waals surface area (Å²) >= 11 is 0. The fraction of sp³-hybridized carbons (Fsp3) is 0.636. The van der Waals surface area contributed by atoms with E-state index < -0.39 is 5.54 Å². The van der Waals surface area contributed by atoms with Crippen molar-refractivity contribution in [3.8, 4) is 12.3 Å². The van der Waals surface area contributed by atoms with E-state index in [4.69, 9.17) is 6.42 Å². The number of carbonyl (C=O) groups excluding carboxylic acids is 2. The number of terminal acetylenes is 1. The molecule has 0 saturated carbocycles. The second-order valence-electron chi connectivity index (χ2n) is 4.20. The van der Waals surface area contributed by atoms with Crippen molar-refractivity contribution in [1.29, 1.82) is 0 Å². The van der Waals surface area contributed by atoms with E-state index in [-0.39, 0.29) is 11.9 Å². The molecule has 0 aromatic heterocycles. The Balaban J connectivity index is 2.12. The number of urea groups is 1. The zero-order valence-electron chi connectivity index (χ0n) is 9.08. The van der Waals surface area contributed by atoms with E-state index in [0.29, 0.717) is 25.9 Å². The molecule has 2 fully saturated rings. The van der Waals surface area contributed by atoms with Crippen LogP contribution in [0.3, 0.4) is 0 Å². The van der Waals surface area contributed by atoms with Gasteiger partial charge in [0, 0.05) is 19.5 Å². The molecule has 3 amide bonds. The standard InChI is InChI=1S/C11H15N3O2/c1-2-3-7-14-9(15)11(13-10(14)16)5-4-6-12-8-11/h1,12H,3-8H2,(H,13,16). The summed E-state index contributed by atoms with van der Waals surface area (Å²) in [6.45, 7) is 1.72. The summed E-state index contributed by atoms with van der Waals surface area (Å²) in [5, 5.41) is 5.93. The Kier molecular flexibility index (Phi) is 2.84. The highest BCUT2D eigenvalue weighted by molar-refractivity contribution is 6.07. The van der Waals surface area contributed by atoms with Crippen LogP contribution in [0.25, 0.3) is 0 Å². The minimum absolute atomic E-state index is 0.139. The number of hydrogen-bond donors (Lipinski definition) is 2. The average Bonchev–Trinajstić information content (AvgIpc) is 2.50. The zero-order valence-corrected chi connectivity index (χ0v) is 9.08. The van der Waals surface area contributed by atoms with Crippen LogP contribution in [-0.4, -0.2) is 42.0 Å². The smallest absolute Gasteiger partial charge is 0.322 e. The Labute approximate surface area is 94.6 Å². The Hall–Kier alpha value is -1.54. The van der Waals surface area contributed by atoms with Crippen LogP contribution >= 0.6 is 0 Å². The number of amides is 3. The van der Waals surface area contributed by atoms with Crippen molar-refractivity contribution < 1.29 is 9.59 Å². The predicted octanol–water partition coefficient (Wildman–Crippen LogP) is -0.316. The van der Waals surface area contributed by atoms with E-state index in [1.54, 1.807) is 0 Å². The quantitative estimate of drug-likeness (QED) is 0.496. The number of rotatable bonds is 2. The topological polar surface area (TPSA) is 61.4 Å². The molecule has 0 bridgehead atoms. The average molecular weight is 221 g/mol. The summed E-state index contributed by atoms with van der Waals surface area (Å²) in [6, 6.07) is -0.316. The molecular formula is C11H15N3O2. The van der Waals surface area contributed by atoms with Gasteiger partial charge in [0.05, 0.1) is 0 Å². The molecule has 0 aromatic carbocycles. The van der Waals surface area contributed by atoms with Gasteiger partial charge in [0.1, 0.15) is 5.54 Å². The molecule has 5 nitrogen and oxygen atoms in total. The monoisotopic (exact) mass is 221 g/mol. The van der Waals surface area contributed by atoms with Crippen molar-refractivity contribution in [1.82, 2.24) is 15.5 Å². The first kappa shape index (κ1) is 11.0. The summed E-state index contributed by atoms with van der Waals surface area (Å²) in [5.41, 5.74) is -0.718. The van der Waals surface area contributed by atoms with Gasteiger partial charge in [-0.05, 0) is 19.4 Å². The van der Waals surface area contributed by atoms with E-state index >= 15 is 0 Å². The van der Waals surface area contributed by atoms with Gasteiger partial charge in [-0.3, -0.25) is 9.69 Å². The maximum atomic E-state index is 12.1. The molecule has 0 aromatic rings. The first-order chi connectivity index (χ1) is 7.69. The third-order valence-corrected chi connectivity index (χ3v) is 3.11. The van der Waals surface area contributed by atoms with E-state index in [9.17, 15) is 9.59 Å². The van der Waals surface area contributed by atoms with Gasteiger partial charge in [0.2, 0.25) is 0 Å². The highest BCUT2D eigenvalue weighted by Gasteiger charge is 2.51. The molecule has 2 aliphatic rings. The Morgan fingerprint density at radius 2 is 2.31 bits per heavy atom. The molecule has 2 saturated heterocycles. The molecule has 1 atom stereocenters. The lowest BCUT2D eigenvalue weighted by Gasteiger charge is -2.31. The van der Waals surface area contributed by atoms with Crippen LogP contribution in [0.15, 0.2) is 0 Å². The molecule has 16 heavy (non-hydrogen) atoms. The van der Waals surface area contributed by atoms with E-state index in [0.717, 1.165) is 13.0 Å². The van der Waals surface area contributed by atoms with Crippen molar-refractivity contribution >= 4 is 11.9 Å². The summed E-state index contributed by atoms with van der Waals surface area (Å²) in [4.78, 5) is 25.0. The first-order valence-corrected chi connectivity index (χ1v) is 5.48. The summed E-state index contributed by atoms with van der Waals surface area (Å²) in [5.74, 6) is 2.30. The lowest BCUT2D eigenvalue weighted by atomic mass is 9.90. The number of nitrogens with one attached hydrogen (secondary N) is 2. The van der Waals surface area contributed by atoms with E-state index in [1.165, 1.54) is 4.90 Å². The number of piperidine rings is 1. The molecule has 2 heterocycles. The number of imide groups is 1. The lowest BCUT2D eigenvalue weighted by Crippen LogP contribution is -2.57. The van der Waals surface area contributed by atoms with Crippen LogP contribution in [0.5, 0.6) is 0 Å². The van der Waals surface area contributed by atoms with E-state index in [2.05, 4.69) is 16.6 Å². The molecule has 2 N–H and O–H groups in total. The molecule has 2 rings (SSSR count). The normalized spacial score (nSPS) is 29.3. The molecule has 2 aliphatic heterocycles. The lowest BCUT2D eigenvalue weighted by molar-refractivity contribution is -0.131. The van der Waals surface area contributed by atoms with Crippen LogP contribution < -0.4 is 10.6 Å². The van der Waals surface area contributed by atoms with E-state index in [1.807, 2.05) is 0 Å². The Morgan fingerprint density at radius 3 is 2.94 bits per heavy atom. The summed E-state index contributed by atoms with van der Waals surface area (Å²) in [6.07, 6.45) is 7.14. The third kappa shape index (κ3) is 1.65. The van der Waals surface area contributed by atoms with Crippen molar-refractivity contribution in [3.63, 3.8) is 0 Å². The van der Waals surface area contributed by atoms with Gasteiger partial charge in [0.15, 0.2) is 0 Å². The maximum Gasteiger partial charge on any atom is 0.325 e. The fourth-order valence-electron chi connectivity index (χ4n) is 2.25. The van der Waals surface area contributed by atoms with Crippen LogP contribution in [0.4, 0.5) is 4.79 Å². The molecule has 0 radical (unpaired) electrons. The van der Waals surface area contributed by atoms with Gasteiger partial charge in [-0.2, -0.15) is 0 Å². The second kappa shape index (κ2) is 4.14. The zero-order chi connectivity index (χ0) is 11.6. The Morgan fingerprint density at radius 1 is 1.50 bits per heavy atom. The highest BCUT2D eigenvalue weighted by Crippen LogP contribution is 2.24. The predicted molar refractivity (Wildman–Crippen MR) is 58.5 cm³/mol. The molecule has 5 heteroatoms. The minimum atomic E-state index is -0.718. The number of hydrogen-bond acceptors (Lipinski definition) is 3. The van der Waals surface area contributed by atoms with Gasteiger partial charge in [-0.25, -0.2) is 4.79 Å². The minimum Gasteiger partial charge on any atom is -0.322 e. The summed E-state index contributed by atoms with van der Waals surface area (Å²) in [7, 11) is 0. The first-order valence-electron chi connectivity index (χ1n) is 5.48. The molecule has 0 aliphatic carbocycles. The van der Waals surface area contributed by atoms with Gasteiger partial charge in [-0.15, -0.1) is 12.3 Å². The Bertz CT molecular complexity index is 353. The van der Waals surface area contributed by atoms with Crippen molar-refractivity contribution in [3.05, 3.63) is 0 Å². The van der Waals surface area contributed by atoms with Gasteiger partial charge in [-0.1, -0.05) is 0 Å². The van der Waals surface area contributed by atoms with Gasteiger partial charge < -0.3 is 10.6 Å². The van der Waals surface area contributed by atoms with Gasteiger partial charge in [0.25, 0.3) is 5.91 Å².